The molecular formula is C28H33BrClNO7. The summed E-state index contributed by atoms with van der Waals surface area (Å²) < 4.78 is 34.1. The number of fused-ring (bicyclic) bond motifs is 1. The summed E-state index contributed by atoms with van der Waals surface area (Å²) in [6.45, 7) is 2.51. The van der Waals surface area contributed by atoms with Crippen molar-refractivity contribution in [2.24, 2.45) is 0 Å². The molecule has 3 aromatic carbocycles. The lowest BCUT2D eigenvalue weighted by Crippen LogP contribution is -2.17. The van der Waals surface area contributed by atoms with E-state index in [1.165, 1.54) is 0 Å². The predicted molar refractivity (Wildman–Crippen MR) is 151 cm³/mol. The molecular weight excluding hydrogens is 578 g/mol. The van der Waals surface area contributed by atoms with Crippen molar-refractivity contribution in [1.82, 2.24) is 5.32 Å². The van der Waals surface area contributed by atoms with Crippen LogP contribution in [0.1, 0.15) is 22.8 Å². The van der Waals surface area contributed by atoms with Crippen molar-refractivity contribution < 1.29 is 33.5 Å². The molecule has 2 N–H and O–H groups in total. The summed E-state index contributed by atoms with van der Waals surface area (Å²) >= 11 is 3.59. The van der Waals surface area contributed by atoms with Gasteiger partial charge in [0.25, 0.3) is 0 Å². The summed E-state index contributed by atoms with van der Waals surface area (Å²) in [5, 5.41) is 14.1. The molecule has 38 heavy (non-hydrogen) atoms. The maximum atomic E-state index is 10.7. The first-order valence-corrected chi connectivity index (χ1v) is 12.8. The fourth-order valence-electron chi connectivity index (χ4n) is 4.04. The maximum absolute atomic E-state index is 10.7. The van der Waals surface area contributed by atoms with Gasteiger partial charge < -0.3 is 38.8 Å². The highest BCUT2D eigenvalue weighted by molar-refractivity contribution is 9.10. The smallest absolute Gasteiger partial charge is 0.175 e. The Kier molecular flexibility index (Phi) is 11.2. The van der Waals surface area contributed by atoms with Crippen LogP contribution in [-0.2, 0) is 13.0 Å². The maximum Gasteiger partial charge on any atom is 0.175 e. The molecule has 1 aliphatic rings. The van der Waals surface area contributed by atoms with Gasteiger partial charge in [0.05, 0.1) is 25.8 Å². The topological polar surface area (TPSA) is 87.6 Å². The van der Waals surface area contributed by atoms with Crippen LogP contribution in [0, 0.1) is 0 Å². The molecule has 3 aromatic rings. The number of ether oxygens (including phenoxy) is 6. The van der Waals surface area contributed by atoms with Crippen molar-refractivity contribution in [3.63, 3.8) is 0 Å². The highest BCUT2D eigenvalue weighted by Gasteiger charge is 2.18. The Hall–Kier alpha value is -2.85. The van der Waals surface area contributed by atoms with E-state index in [0.717, 1.165) is 40.1 Å². The molecule has 0 amide bonds. The Morgan fingerprint density at radius 2 is 1.58 bits per heavy atom. The van der Waals surface area contributed by atoms with Crippen molar-refractivity contribution in [3.05, 3.63) is 69.7 Å². The van der Waals surface area contributed by atoms with Gasteiger partial charge >= 0.3 is 0 Å². The minimum atomic E-state index is -0.842. The van der Waals surface area contributed by atoms with E-state index < -0.39 is 6.10 Å². The summed E-state index contributed by atoms with van der Waals surface area (Å²) in [5.41, 5.74) is 2.88. The third kappa shape index (κ3) is 7.38. The highest BCUT2D eigenvalue weighted by Crippen LogP contribution is 2.38. The fourth-order valence-corrected chi connectivity index (χ4v) is 4.65. The zero-order chi connectivity index (χ0) is 26.2. The number of benzene rings is 3. The van der Waals surface area contributed by atoms with Crippen LogP contribution in [0.3, 0.4) is 0 Å². The van der Waals surface area contributed by atoms with E-state index in [1.807, 2.05) is 36.4 Å². The van der Waals surface area contributed by atoms with E-state index in [4.69, 9.17) is 28.4 Å². The number of hydrogen-bond donors (Lipinski definition) is 2. The lowest BCUT2D eigenvalue weighted by Gasteiger charge is -2.21. The van der Waals surface area contributed by atoms with E-state index in [-0.39, 0.29) is 19.0 Å². The van der Waals surface area contributed by atoms with Gasteiger partial charge in [0.1, 0.15) is 25.9 Å². The standard InChI is InChI=1S/C28H32BrNO7.ClH/c1-32-23-6-4-18(13-25(23)33-2)8-9-30-16-19-12-21(29)28(27(14-19)34-3)37-17-22(31)20-5-7-24-26(15-20)36-11-10-35-24;/h4-7,12-15,22,30-31H,8-11,16-17H2,1-3H3;1H. The van der Waals surface area contributed by atoms with Crippen LogP contribution in [0.5, 0.6) is 34.5 Å². The monoisotopic (exact) mass is 609 g/mol. The third-order valence-electron chi connectivity index (χ3n) is 5.99. The number of methoxy groups -OCH3 is 3. The van der Waals surface area contributed by atoms with Gasteiger partial charge in [-0.25, -0.2) is 0 Å². The number of aliphatic hydroxyl groups excluding tert-OH is 1. The zero-order valence-corrected chi connectivity index (χ0v) is 24.0. The second-order valence-electron chi connectivity index (χ2n) is 8.46. The van der Waals surface area contributed by atoms with Crippen molar-refractivity contribution in [3.8, 4) is 34.5 Å². The van der Waals surface area contributed by atoms with Crippen molar-refractivity contribution >= 4 is 28.3 Å². The highest BCUT2D eigenvalue weighted by atomic mass is 79.9. The van der Waals surface area contributed by atoms with E-state index in [1.54, 1.807) is 33.5 Å². The summed E-state index contributed by atoms with van der Waals surface area (Å²) in [7, 11) is 4.86. The second kappa shape index (κ2) is 14.3. The zero-order valence-electron chi connectivity index (χ0n) is 21.6. The number of nitrogens with one attached hydrogen (secondary N) is 1. The summed E-state index contributed by atoms with van der Waals surface area (Å²) in [6, 6.07) is 15.3. The van der Waals surface area contributed by atoms with Crippen LogP contribution < -0.4 is 33.7 Å². The number of halogens is 2. The Bertz CT molecular complexity index is 1210. The largest absolute Gasteiger partial charge is 0.493 e. The van der Waals surface area contributed by atoms with Crippen LogP contribution in [0.2, 0.25) is 0 Å². The van der Waals surface area contributed by atoms with Crippen LogP contribution in [0.25, 0.3) is 0 Å². The van der Waals surface area contributed by atoms with Crippen LogP contribution in [-0.4, -0.2) is 52.8 Å². The Labute approximate surface area is 237 Å². The van der Waals surface area contributed by atoms with Gasteiger partial charge in [-0.2, -0.15) is 0 Å². The first-order valence-electron chi connectivity index (χ1n) is 12.0. The number of hydrogen-bond acceptors (Lipinski definition) is 8. The van der Waals surface area contributed by atoms with Gasteiger partial charge in [0, 0.05) is 6.54 Å². The molecule has 0 fully saturated rings. The first-order chi connectivity index (χ1) is 18.0. The molecule has 1 unspecified atom stereocenters. The molecule has 1 atom stereocenters. The molecule has 206 valence electrons. The van der Waals surface area contributed by atoms with Gasteiger partial charge in [-0.15, -0.1) is 12.4 Å². The molecule has 1 aliphatic heterocycles. The van der Waals surface area contributed by atoms with Crippen molar-refractivity contribution in [1.29, 1.82) is 0 Å². The molecule has 8 nitrogen and oxygen atoms in total. The molecule has 0 spiro atoms. The van der Waals surface area contributed by atoms with Crippen LogP contribution >= 0.6 is 28.3 Å². The van der Waals surface area contributed by atoms with E-state index in [9.17, 15) is 5.11 Å². The minimum Gasteiger partial charge on any atom is -0.493 e. The minimum absolute atomic E-state index is 0. The van der Waals surface area contributed by atoms with E-state index >= 15 is 0 Å². The third-order valence-corrected chi connectivity index (χ3v) is 6.58. The van der Waals surface area contributed by atoms with Crippen molar-refractivity contribution in [2.75, 3.05) is 47.7 Å². The molecule has 0 aromatic heterocycles. The van der Waals surface area contributed by atoms with Gasteiger partial charge in [-0.05, 0) is 82.0 Å². The first kappa shape index (κ1) is 29.7. The van der Waals surface area contributed by atoms with Crippen molar-refractivity contribution in [2.45, 2.75) is 19.1 Å². The SMILES string of the molecule is COc1ccc(CCNCc2cc(Br)c(OCC(O)c3ccc4c(c3)OCCO4)c(OC)c2)cc1OC.Cl. The number of aliphatic hydroxyl groups is 1. The Morgan fingerprint density at radius 1 is 0.868 bits per heavy atom. The molecule has 0 aliphatic carbocycles. The lowest BCUT2D eigenvalue weighted by molar-refractivity contribution is 0.105. The average Bonchev–Trinajstić information content (AvgIpc) is 2.93. The van der Waals surface area contributed by atoms with Gasteiger partial charge in [0.15, 0.2) is 34.5 Å². The van der Waals surface area contributed by atoms with E-state index in [0.29, 0.717) is 48.3 Å². The van der Waals surface area contributed by atoms with Gasteiger partial charge in [-0.1, -0.05) is 12.1 Å². The van der Waals surface area contributed by atoms with Crippen LogP contribution in [0.15, 0.2) is 53.0 Å². The second-order valence-corrected chi connectivity index (χ2v) is 9.31. The molecule has 0 saturated carbocycles. The Morgan fingerprint density at radius 3 is 2.32 bits per heavy atom. The summed E-state index contributed by atoms with van der Waals surface area (Å²) in [6.07, 6.45) is 0.00258. The molecule has 4 rings (SSSR count). The lowest BCUT2D eigenvalue weighted by atomic mass is 10.1. The quantitative estimate of drug-likeness (QED) is 0.274. The van der Waals surface area contributed by atoms with Gasteiger partial charge in [-0.3, -0.25) is 0 Å². The number of rotatable bonds is 12. The molecule has 0 radical (unpaired) electrons. The average molecular weight is 611 g/mol. The fraction of sp³-hybridized carbons (Fsp3) is 0.357. The van der Waals surface area contributed by atoms with Crippen LogP contribution in [0.4, 0.5) is 0 Å². The molecule has 10 heteroatoms. The summed E-state index contributed by atoms with van der Waals surface area (Å²) in [5.74, 6) is 3.87. The molecule has 1 heterocycles. The molecule has 0 bridgehead atoms. The normalized spacial score (nSPS) is 12.8. The predicted octanol–water partition coefficient (Wildman–Crippen LogP) is 5.11. The molecule has 0 saturated heterocycles. The van der Waals surface area contributed by atoms with E-state index in [2.05, 4.69) is 21.2 Å². The van der Waals surface area contributed by atoms with Gasteiger partial charge in [0.2, 0.25) is 0 Å². The summed E-state index contributed by atoms with van der Waals surface area (Å²) in [4.78, 5) is 0. The Balaban J connectivity index is 0.00000400.